The standard InChI is InChI=1S/C17H19ClO6S/c1-3-24-9-11-14(25(2,22)23)8-7-10(16(11)18)17(21)15-12(19)5-4-6-13(15)20/h7-8,15H,3-6,9H2,1-2H3. The highest BCUT2D eigenvalue weighted by Gasteiger charge is 2.37. The van der Waals surface area contributed by atoms with Crippen molar-refractivity contribution in [3.8, 4) is 0 Å². The van der Waals surface area contributed by atoms with E-state index < -0.39 is 33.1 Å². The molecule has 1 fully saturated rings. The second-order valence-electron chi connectivity index (χ2n) is 5.90. The van der Waals surface area contributed by atoms with E-state index in [0.29, 0.717) is 13.0 Å². The zero-order chi connectivity index (χ0) is 18.8. The van der Waals surface area contributed by atoms with E-state index in [4.69, 9.17) is 16.3 Å². The molecule has 1 aliphatic rings. The molecule has 0 radical (unpaired) electrons. The first-order valence-corrected chi connectivity index (χ1v) is 10.1. The summed E-state index contributed by atoms with van der Waals surface area (Å²) in [4.78, 5) is 36.7. The maximum absolute atomic E-state index is 12.7. The molecule has 1 saturated carbocycles. The van der Waals surface area contributed by atoms with Crippen LogP contribution < -0.4 is 0 Å². The van der Waals surface area contributed by atoms with E-state index in [1.165, 1.54) is 12.1 Å². The maximum Gasteiger partial charge on any atom is 0.182 e. The summed E-state index contributed by atoms with van der Waals surface area (Å²) in [6, 6.07) is 2.52. The van der Waals surface area contributed by atoms with Gasteiger partial charge in [0.1, 0.15) is 5.92 Å². The molecule has 0 spiro atoms. The summed E-state index contributed by atoms with van der Waals surface area (Å²) in [6.07, 6.45) is 1.82. The molecule has 0 heterocycles. The van der Waals surface area contributed by atoms with Crippen LogP contribution in [0.2, 0.25) is 5.02 Å². The Morgan fingerprint density at radius 3 is 2.36 bits per heavy atom. The van der Waals surface area contributed by atoms with Crippen LogP contribution in [0, 0.1) is 5.92 Å². The van der Waals surface area contributed by atoms with Crippen LogP contribution in [-0.2, 0) is 30.8 Å². The molecule has 136 valence electrons. The van der Waals surface area contributed by atoms with E-state index >= 15 is 0 Å². The number of Topliss-reactive ketones (excluding diaryl/α,β-unsaturated/α-hetero) is 3. The van der Waals surface area contributed by atoms with Crippen molar-refractivity contribution < 1.29 is 27.5 Å². The van der Waals surface area contributed by atoms with Crippen molar-refractivity contribution in [2.45, 2.75) is 37.7 Å². The lowest BCUT2D eigenvalue weighted by atomic mass is 9.81. The molecule has 2 rings (SSSR count). The predicted octanol–water partition coefficient (Wildman–Crippen LogP) is 2.40. The van der Waals surface area contributed by atoms with E-state index in [-0.39, 0.29) is 40.5 Å². The Hall–Kier alpha value is -1.57. The Labute approximate surface area is 151 Å². The number of hydrogen-bond acceptors (Lipinski definition) is 6. The number of carbonyl (C=O) groups excluding carboxylic acids is 3. The quantitative estimate of drug-likeness (QED) is 0.550. The molecular formula is C17H19ClO6S. The topological polar surface area (TPSA) is 94.6 Å². The van der Waals surface area contributed by atoms with Crippen molar-refractivity contribution in [2.75, 3.05) is 12.9 Å². The van der Waals surface area contributed by atoms with Gasteiger partial charge in [-0.15, -0.1) is 0 Å². The second-order valence-corrected chi connectivity index (χ2v) is 8.26. The lowest BCUT2D eigenvalue weighted by molar-refractivity contribution is -0.133. The van der Waals surface area contributed by atoms with Crippen LogP contribution in [0.1, 0.15) is 42.1 Å². The molecule has 0 bridgehead atoms. The summed E-state index contributed by atoms with van der Waals surface area (Å²) in [5.41, 5.74) is 0.130. The largest absolute Gasteiger partial charge is 0.377 e. The molecule has 6 nitrogen and oxygen atoms in total. The second kappa shape index (κ2) is 7.76. The Morgan fingerprint density at radius 2 is 1.84 bits per heavy atom. The first-order valence-electron chi connectivity index (χ1n) is 7.87. The highest BCUT2D eigenvalue weighted by molar-refractivity contribution is 7.90. The van der Waals surface area contributed by atoms with E-state index in [1.807, 2.05) is 0 Å². The smallest absolute Gasteiger partial charge is 0.182 e. The van der Waals surface area contributed by atoms with Gasteiger partial charge in [-0.3, -0.25) is 14.4 Å². The average molecular weight is 387 g/mol. The van der Waals surface area contributed by atoms with Crippen LogP contribution in [0.25, 0.3) is 0 Å². The van der Waals surface area contributed by atoms with Gasteiger partial charge < -0.3 is 4.74 Å². The van der Waals surface area contributed by atoms with Gasteiger partial charge in [-0.05, 0) is 25.5 Å². The van der Waals surface area contributed by atoms with Crippen molar-refractivity contribution >= 4 is 38.8 Å². The SMILES string of the molecule is CCOCc1c(S(C)(=O)=O)ccc(C(=O)C2C(=O)CCCC2=O)c1Cl. The van der Waals surface area contributed by atoms with Crippen molar-refractivity contribution in [2.24, 2.45) is 5.92 Å². The highest BCUT2D eigenvalue weighted by Crippen LogP contribution is 2.32. The van der Waals surface area contributed by atoms with Crippen LogP contribution >= 0.6 is 11.6 Å². The normalized spacial score (nSPS) is 16.3. The van der Waals surface area contributed by atoms with Gasteiger partial charge in [0.15, 0.2) is 27.2 Å². The van der Waals surface area contributed by atoms with Crippen molar-refractivity contribution in [3.05, 3.63) is 28.3 Å². The molecule has 1 aromatic rings. The summed E-state index contributed by atoms with van der Waals surface area (Å²) in [7, 11) is -3.58. The zero-order valence-electron chi connectivity index (χ0n) is 14.0. The third-order valence-electron chi connectivity index (χ3n) is 4.07. The molecule has 1 aliphatic carbocycles. The molecule has 0 saturated heterocycles. The minimum Gasteiger partial charge on any atom is -0.377 e. The van der Waals surface area contributed by atoms with Gasteiger partial charge in [-0.2, -0.15) is 0 Å². The summed E-state index contributed by atoms with van der Waals surface area (Å²) >= 11 is 6.28. The van der Waals surface area contributed by atoms with Gasteiger partial charge >= 0.3 is 0 Å². The summed E-state index contributed by atoms with van der Waals surface area (Å²) in [5.74, 6) is -2.88. The summed E-state index contributed by atoms with van der Waals surface area (Å²) in [6.45, 7) is 1.98. The third kappa shape index (κ3) is 4.16. The Bertz CT molecular complexity index is 812. The number of sulfone groups is 1. The minimum absolute atomic E-state index is 0.0302. The number of ether oxygens (including phenoxy) is 1. The van der Waals surface area contributed by atoms with Crippen LogP contribution in [0.3, 0.4) is 0 Å². The Balaban J connectivity index is 2.53. The number of hydrogen-bond donors (Lipinski definition) is 0. The fraction of sp³-hybridized carbons (Fsp3) is 0.471. The minimum atomic E-state index is -3.58. The first kappa shape index (κ1) is 19.8. The summed E-state index contributed by atoms with van der Waals surface area (Å²) < 4.78 is 29.2. The van der Waals surface area contributed by atoms with E-state index in [1.54, 1.807) is 6.92 Å². The van der Waals surface area contributed by atoms with Crippen LogP contribution in [0.15, 0.2) is 17.0 Å². The molecule has 25 heavy (non-hydrogen) atoms. The average Bonchev–Trinajstić information content (AvgIpc) is 2.52. The Kier molecular flexibility index (Phi) is 6.13. The van der Waals surface area contributed by atoms with Gasteiger partial charge in [0, 0.05) is 36.8 Å². The number of carbonyl (C=O) groups is 3. The predicted molar refractivity (Wildman–Crippen MR) is 91.6 cm³/mol. The molecule has 8 heteroatoms. The number of halogens is 1. The summed E-state index contributed by atoms with van der Waals surface area (Å²) in [5, 5.41) is -0.0902. The molecule has 0 unspecified atom stereocenters. The van der Waals surface area contributed by atoms with E-state index in [0.717, 1.165) is 6.26 Å². The van der Waals surface area contributed by atoms with Crippen LogP contribution in [-0.4, -0.2) is 38.6 Å². The number of rotatable bonds is 6. The van der Waals surface area contributed by atoms with Gasteiger partial charge in [0.25, 0.3) is 0 Å². The van der Waals surface area contributed by atoms with Crippen LogP contribution in [0.4, 0.5) is 0 Å². The lowest BCUT2D eigenvalue weighted by Gasteiger charge is -2.20. The lowest BCUT2D eigenvalue weighted by Crippen LogP contribution is -2.35. The maximum atomic E-state index is 12.7. The number of benzene rings is 1. The zero-order valence-corrected chi connectivity index (χ0v) is 15.6. The van der Waals surface area contributed by atoms with E-state index in [2.05, 4.69) is 0 Å². The highest BCUT2D eigenvalue weighted by atomic mass is 35.5. The molecule has 0 aliphatic heterocycles. The van der Waals surface area contributed by atoms with Gasteiger partial charge in [-0.25, -0.2) is 8.42 Å². The van der Waals surface area contributed by atoms with Gasteiger partial charge in [0.2, 0.25) is 0 Å². The molecule has 1 aromatic carbocycles. The third-order valence-corrected chi connectivity index (χ3v) is 5.68. The van der Waals surface area contributed by atoms with Crippen LogP contribution in [0.5, 0.6) is 0 Å². The molecule has 0 N–H and O–H groups in total. The van der Waals surface area contributed by atoms with Crippen molar-refractivity contribution in [1.29, 1.82) is 0 Å². The molecule has 0 atom stereocenters. The molecular weight excluding hydrogens is 368 g/mol. The molecule has 0 aromatic heterocycles. The van der Waals surface area contributed by atoms with Gasteiger partial charge in [0.05, 0.1) is 16.5 Å². The van der Waals surface area contributed by atoms with E-state index in [9.17, 15) is 22.8 Å². The van der Waals surface area contributed by atoms with Crippen molar-refractivity contribution in [1.82, 2.24) is 0 Å². The van der Waals surface area contributed by atoms with Gasteiger partial charge in [-0.1, -0.05) is 11.6 Å². The fourth-order valence-electron chi connectivity index (χ4n) is 2.83. The fourth-order valence-corrected chi connectivity index (χ4v) is 4.13. The number of ketones is 3. The first-order chi connectivity index (χ1) is 11.7. The monoisotopic (exact) mass is 386 g/mol. The Morgan fingerprint density at radius 1 is 1.24 bits per heavy atom. The molecule has 0 amide bonds. The van der Waals surface area contributed by atoms with Crippen molar-refractivity contribution in [3.63, 3.8) is 0 Å².